The molecular formula is C16H25BrN2. The lowest BCUT2D eigenvalue weighted by atomic mass is 9.84. The summed E-state index contributed by atoms with van der Waals surface area (Å²) >= 11 is 3.53. The van der Waals surface area contributed by atoms with Crippen LogP contribution in [0.3, 0.4) is 0 Å². The zero-order valence-corrected chi connectivity index (χ0v) is 13.8. The molecule has 3 heteroatoms. The maximum atomic E-state index is 3.53. The Balaban J connectivity index is 2.28. The Morgan fingerprint density at radius 1 is 1.32 bits per heavy atom. The molecule has 0 spiro atoms. The summed E-state index contributed by atoms with van der Waals surface area (Å²) in [6, 6.07) is 10.0. The molecule has 0 aromatic heterocycles. The molecule has 2 rings (SSSR count). The molecule has 1 N–H and O–H groups in total. The zero-order chi connectivity index (χ0) is 13.8. The Hall–Kier alpha value is -0.380. The summed E-state index contributed by atoms with van der Waals surface area (Å²) in [7, 11) is 2.06. The van der Waals surface area contributed by atoms with E-state index in [1.54, 1.807) is 0 Å². The highest BCUT2D eigenvalue weighted by Gasteiger charge is 2.33. The van der Waals surface area contributed by atoms with E-state index in [0.717, 1.165) is 11.0 Å². The Morgan fingerprint density at radius 3 is 2.58 bits per heavy atom. The third-order valence-electron chi connectivity index (χ3n) is 4.14. The number of halogens is 1. The monoisotopic (exact) mass is 324 g/mol. The molecule has 0 aliphatic carbocycles. The molecule has 1 aliphatic heterocycles. The summed E-state index contributed by atoms with van der Waals surface area (Å²) in [5.41, 5.74) is 1.46. The average molecular weight is 325 g/mol. The van der Waals surface area contributed by atoms with Gasteiger partial charge in [0.2, 0.25) is 0 Å². The van der Waals surface area contributed by atoms with Crippen LogP contribution in [0.5, 0.6) is 0 Å². The molecule has 1 aromatic carbocycles. The van der Waals surface area contributed by atoms with Crippen LogP contribution in [-0.4, -0.2) is 31.1 Å². The van der Waals surface area contributed by atoms with Gasteiger partial charge in [0, 0.05) is 16.6 Å². The van der Waals surface area contributed by atoms with Crippen molar-refractivity contribution in [3.63, 3.8) is 0 Å². The molecule has 2 atom stereocenters. The quantitative estimate of drug-likeness (QED) is 0.905. The highest BCUT2D eigenvalue weighted by Crippen LogP contribution is 2.37. The van der Waals surface area contributed by atoms with Gasteiger partial charge in [0.25, 0.3) is 0 Å². The van der Waals surface area contributed by atoms with Gasteiger partial charge in [-0.3, -0.25) is 4.90 Å². The minimum Gasteiger partial charge on any atom is -0.319 e. The molecule has 106 valence electrons. The SMILES string of the molecule is CNCC1CCCN(C(C)C)C1c1ccc(Br)cc1. The Bertz CT molecular complexity index is 386. The summed E-state index contributed by atoms with van der Waals surface area (Å²) < 4.78 is 1.16. The number of nitrogens with zero attached hydrogens (tertiary/aromatic N) is 1. The number of rotatable bonds is 4. The average Bonchev–Trinajstić information content (AvgIpc) is 2.40. The van der Waals surface area contributed by atoms with Gasteiger partial charge >= 0.3 is 0 Å². The van der Waals surface area contributed by atoms with E-state index in [1.807, 2.05) is 0 Å². The molecule has 2 unspecified atom stereocenters. The van der Waals surface area contributed by atoms with Crippen molar-refractivity contribution in [3.8, 4) is 0 Å². The number of hydrogen-bond acceptors (Lipinski definition) is 2. The number of hydrogen-bond donors (Lipinski definition) is 1. The van der Waals surface area contributed by atoms with Crippen LogP contribution in [0.15, 0.2) is 28.7 Å². The smallest absolute Gasteiger partial charge is 0.0391 e. The van der Waals surface area contributed by atoms with E-state index in [9.17, 15) is 0 Å². The van der Waals surface area contributed by atoms with E-state index in [4.69, 9.17) is 0 Å². The van der Waals surface area contributed by atoms with Gasteiger partial charge in [0.1, 0.15) is 0 Å². The van der Waals surface area contributed by atoms with Gasteiger partial charge < -0.3 is 5.32 Å². The first kappa shape index (κ1) is 15.0. The molecule has 2 nitrogen and oxygen atoms in total. The Kier molecular flexibility index (Phi) is 5.43. The molecule has 1 heterocycles. The van der Waals surface area contributed by atoms with Gasteiger partial charge in [0.05, 0.1) is 0 Å². The van der Waals surface area contributed by atoms with Crippen molar-refractivity contribution < 1.29 is 0 Å². The molecule has 1 saturated heterocycles. The standard InChI is InChI=1S/C16H25BrN2/c1-12(2)19-10-4-5-14(11-18-3)16(19)13-6-8-15(17)9-7-13/h6-9,12,14,16,18H,4-5,10-11H2,1-3H3. The zero-order valence-electron chi connectivity index (χ0n) is 12.2. The van der Waals surface area contributed by atoms with Crippen LogP contribution in [0, 0.1) is 5.92 Å². The minimum absolute atomic E-state index is 0.550. The van der Waals surface area contributed by atoms with Crippen molar-refractivity contribution in [2.45, 2.75) is 38.8 Å². The first-order chi connectivity index (χ1) is 9.13. The van der Waals surface area contributed by atoms with E-state index in [1.165, 1.54) is 24.9 Å². The molecular weight excluding hydrogens is 300 g/mol. The van der Waals surface area contributed by atoms with Crippen molar-refractivity contribution in [2.75, 3.05) is 20.1 Å². The van der Waals surface area contributed by atoms with Crippen molar-refractivity contribution in [1.82, 2.24) is 10.2 Å². The summed E-state index contributed by atoms with van der Waals surface area (Å²) in [6.45, 7) is 6.95. The van der Waals surface area contributed by atoms with E-state index >= 15 is 0 Å². The molecule has 1 fully saturated rings. The second-order valence-corrected chi connectivity index (χ2v) is 6.70. The lowest BCUT2D eigenvalue weighted by Gasteiger charge is -2.44. The maximum Gasteiger partial charge on any atom is 0.0391 e. The molecule has 19 heavy (non-hydrogen) atoms. The van der Waals surface area contributed by atoms with Crippen LogP contribution in [0.25, 0.3) is 0 Å². The van der Waals surface area contributed by atoms with Crippen LogP contribution < -0.4 is 5.32 Å². The molecule has 0 saturated carbocycles. The van der Waals surface area contributed by atoms with Crippen molar-refractivity contribution >= 4 is 15.9 Å². The summed E-state index contributed by atoms with van der Waals surface area (Å²) in [6.07, 6.45) is 2.64. The highest BCUT2D eigenvalue weighted by molar-refractivity contribution is 9.10. The first-order valence-corrected chi connectivity index (χ1v) is 8.08. The van der Waals surface area contributed by atoms with Crippen LogP contribution in [0.1, 0.15) is 38.3 Å². The molecule has 0 radical (unpaired) electrons. The highest BCUT2D eigenvalue weighted by atomic mass is 79.9. The number of likely N-dealkylation sites (tertiary alicyclic amines) is 1. The molecule has 1 aromatic rings. The topological polar surface area (TPSA) is 15.3 Å². The second-order valence-electron chi connectivity index (χ2n) is 5.79. The van der Waals surface area contributed by atoms with Crippen LogP contribution in [0.4, 0.5) is 0 Å². The van der Waals surface area contributed by atoms with Crippen LogP contribution >= 0.6 is 15.9 Å². The number of piperidine rings is 1. The fourth-order valence-electron chi connectivity index (χ4n) is 3.28. The van der Waals surface area contributed by atoms with Crippen LogP contribution in [-0.2, 0) is 0 Å². The van der Waals surface area contributed by atoms with Gasteiger partial charge in [-0.25, -0.2) is 0 Å². The van der Waals surface area contributed by atoms with E-state index < -0.39 is 0 Å². The van der Waals surface area contributed by atoms with Gasteiger partial charge in [-0.2, -0.15) is 0 Å². The fraction of sp³-hybridized carbons (Fsp3) is 0.625. The second kappa shape index (κ2) is 6.87. The first-order valence-electron chi connectivity index (χ1n) is 7.29. The fourth-order valence-corrected chi connectivity index (χ4v) is 3.55. The lowest BCUT2D eigenvalue weighted by molar-refractivity contribution is 0.0636. The predicted molar refractivity (Wildman–Crippen MR) is 85.4 cm³/mol. The summed E-state index contributed by atoms with van der Waals surface area (Å²) in [4.78, 5) is 2.66. The number of nitrogens with one attached hydrogen (secondary N) is 1. The normalized spacial score (nSPS) is 24.9. The van der Waals surface area contributed by atoms with Gasteiger partial charge in [-0.1, -0.05) is 28.1 Å². The molecule has 1 aliphatic rings. The van der Waals surface area contributed by atoms with Gasteiger partial charge in [-0.15, -0.1) is 0 Å². The van der Waals surface area contributed by atoms with Gasteiger partial charge in [0.15, 0.2) is 0 Å². The number of benzene rings is 1. The van der Waals surface area contributed by atoms with Crippen molar-refractivity contribution in [3.05, 3.63) is 34.3 Å². The third-order valence-corrected chi connectivity index (χ3v) is 4.66. The van der Waals surface area contributed by atoms with Crippen LogP contribution in [0.2, 0.25) is 0 Å². The maximum absolute atomic E-state index is 3.53. The minimum atomic E-state index is 0.550. The molecule has 0 bridgehead atoms. The third kappa shape index (κ3) is 3.59. The summed E-state index contributed by atoms with van der Waals surface area (Å²) in [5, 5.41) is 3.37. The van der Waals surface area contributed by atoms with Crippen molar-refractivity contribution in [2.24, 2.45) is 5.92 Å². The van der Waals surface area contributed by atoms with Crippen molar-refractivity contribution in [1.29, 1.82) is 0 Å². The van der Waals surface area contributed by atoms with Gasteiger partial charge in [-0.05, 0) is 70.4 Å². The largest absolute Gasteiger partial charge is 0.319 e. The lowest BCUT2D eigenvalue weighted by Crippen LogP contribution is -2.45. The summed E-state index contributed by atoms with van der Waals surface area (Å²) in [5.74, 6) is 0.710. The van der Waals surface area contributed by atoms with E-state index in [2.05, 4.69) is 71.3 Å². The Morgan fingerprint density at radius 2 is 2.00 bits per heavy atom. The Labute approximate surface area is 125 Å². The molecule has 0 amide bonds. The van der Waals surface area contributed by atoms with E-state index in [-0.39, 0.29) is 0 Å². The predicted octanol–water partition coefficient (Wildman–Crippen LogP) is 3.83. The van der Waals surface area contributed by atoms with E-state index in [0.29, 0.717) is 18.0 Å².